The van der Waals surface area contributed by atoms with Crippen LogP contribution in [0.4, 0.5) is 5.82 Å². The molecule has 0 bridgehead atoms. The smallest absolute Gasteiger partial charge is 0.124 e. The molecule has 0 saturated carbocycles. The molecular formula is C13H15Cl2N3. The maximum Gasteiger partial charge on any atom is 0.124 e. The van der Waals surface area contributed by atoms with Crippen molar-refractivity contribution in [3.05, 3.63) is 34.3 Å². The fourth-order valence-electron chi connectivity index (χ4n) is 1.69. The molecule has 0 aliphatic rings. The van der Waals surface area contributed by atoms with Gasteiger partial charge in [0, 0.05) is 24.7 Å². The highest BCUT2D eigenvalue weighted by molar-refractivity contribution is 6.42. The van der Waals surface area contributed by atoms with Crippen LogP contribution >= 0.6 is 23.2 Å². The maximum absolute atomic E-state index is 6.01. The van der Waals surface area contributed by atoms with Crippen LogP contribution in [0.2, 0.25) is 10.0 Å². The number of aryl methyl sites for hydroxylation is 1. The van der Waals surface area contributed by atoms with Crippen LogP contribution in [0.25, 0.3) is 11.3 Å². The summed E-state index contributed by atoms with van der Waals surface area (Å²) in [6, 6.07) is 7.88. The van der Waals surface area contributed by atoms with E-state index in [1.807, 2.05) is 29.9 Å². The molecule has 3 nitrogen and oxygen atoms in total. The minimum atomic E-state index is 0.363. The van der Waals surface area contributed by atoms with E-state index in [-0.39, 0.29) is 0 Å². The lowest BCUT2D eigenvalue weighted by atomic mass is 10.1. The molecule has 1 aromatic heterocycles. The second-order valence-corrected chi connectivity index (χ2v) is 5.28. The Hall–Kier alpha value is -1.19. The molecule has 0 radical (unpaired) electrons. The van der Waals surface area contributed by atoms with Gasteiger partial charge in [-0.05, 0) is 26.0 Å². The van der Waals surface area contributed by atoms with Gasteiger partial charge in [-0.2, -0.15) is 5.10 Å². The van der Waals surface area contributed by atoms with Crippen LogP contribution in [-0.2, 0) is 7.05 Å². The van der Waals surface area contributed by atoms with Gasteiger partial charge < -0.3 is 5.32 Å². The number of rotatable bonds is 3. The molecule has 0 saturated heterocycles. The minimum absolute atomic E-state index is 0.363. The highest BCUT2D eigenvalue weighted by Gasteiger charge is 2.09. The van der Waals surface area contributed by atoms with E-state index in [1.54, 1.807) is 6.07 Å². The summed E-state index contributed by atoms with van der Waals surface area (Å²) in [4.78, 5) is 0. The Labute approximate surface area is 117 Å². The van der Waals surface area contributed by atoms with Crippen LogP contribution in [0, 0.1) is 0 Å². The first-order chi connectivity index (χ1) is 8.47. The van der Waals surface area contributed by atoms with Crippen molar-refractivity contribution in [2.45, 2.75) is 19.9 Å². The second-order valence-electron chi connectivity index (χ2n) is 4.47. The van der Waals surface area contributed by atoms with Gasteiger partial charge in [-0.1, -0.05) is 29.3 Å². The number of aromatic nitrogens is 2. The topological polar surface area (TPSA) is 29.9 Å². The Balaban J connectivity index is 2.36. The molecular weight excluding hydrogens is 269 g/mol. The zero-order valence-corrected chi connectivity index (χ0v) is 12.0. The first-order valence-electron chi connectivity index (χ1n) is 5.73. The molecule has 0 aliphatic carbocycles. The fraction of sp³-hybridized carbons (Fsp3) is 0.308. The van der Waals surface area contributed by atoms with Gasteiger partial charge in [-0.15, -0.1) is 0 Å². The van der Waals surface area contributed by atoms with E-state index in [1.165, 1.54) is 0 Å². The molecule has 0 unspecified atom stereocenters. The quantitative estimate of drug-likeness (QED) is 0.914. The Bertz CT molecular complexity index is 561. The normalized spacial score (nSPS) is 11.0. The first kappa shape index (κ1) is 13.2. The highest BCUT2D eigenvalue weighted by Crippen LogP contribution is 2.29. The van der Waals surface area contributed by atoms with Crippen molar-refractivity contribution in [2.24, 2.45) is 7.05 Å². The number of nitrogens with zero attached hydrogens (tertiary/aromatic N) is 2. The molecule has 2 aromatic rings. The first-order valence-corrected chi connectivity index (χ1v) is 6.49. The van der Waals surface area contributed by atoms with Gasteiger partial charge in [0.15, 0.2) is 0 Å². The van der Waals surface area contributed by atoms with Gasteiger partial charge in [-0.3, -0.25) is 4.68 Å². The SMILES string of the molecule is CC(C)Nc1cc(-c2ccc(Cl)c(Cl)c2)nn1C. The average molecular weight is 284 g/mol. The Kier molecular flexibility index (Phi) is 3.83. The van der Waals surface area contributed by atoms with E-state index in [9.17, 15) is 0 Å². The van der Waals surface area contributed by atoms with Gasteiger partial charge in [-0.25, -0.2) is 0 Å². The lowest BCUT2D eigenvalue weighted by Crippen LogP contribution is -2.12. The van der Waals surface area contributed by atoms with E-state index in [4.69, 9.17) is 23.2 Å². The van der Waals surface area contributed by atoms with Gasteiger partial charge in [0.25, 0.3) is 0 Å². The fourth-order valence-corrected chi connectivity index (χ4v) is 1.99. The van der Waals surface area contributed by atoms with Crippen molar-refractivity contribution in [3.63, 3.8) is 0 Å². The highest BCUT2D eigenvalue weighted by atomic mass is 35.5. The summed E-state index contributed by atoms with van der Waals surface area (Å²) in [5.74, 6) is 0.978. The zero-order valence-electron chi connectivity index (χ0n) is 10.5. The largest absolute Gasteiger partial charge is 0.368 e. The summed E-state index contributed by atoms with van der Waals surface area (Å²) in [5.41, 5.74) is 1.83. The molecule has 1 N–H and O–H groups in total. The summed E-state index contributed by atoms with van der Waals surface area (Å²) < 4.78 is 1.82. The van der Waals surface area contributed by atoms with Crippen molar-refractivity contribution >= 4 is 29.0 Å². The number of nitrogens with one attached hydrogen (secondary N) is 1. The molecule has 2 rings (SSSR count). The minimum Gasteiger partial charge on any atom is -0.368 e. The monoisotopic (exact) mass is 283 g/mol. The van der Waals surface area contributed by atoms with Gasteiger partial charge in [0.1, 0.15) is 5.82 Å². The molecule has 0 fully saturated rings. The van der Waals surface area contributed by atoms with Gasteiger partial charge in [0.05, 0.1) is 15.7 Å². The summed E-state index contributed by atoms with van der Waals surface area (Å²) >= 11 is 11.9. The lowest BCUT2D eigenvalue weighted by Gasteiger charge is -2.08. The van der Waals surface area contributed by atoms with Crippen molar-refractivity contribution < 1.29 is 0 Å². The second kappa shape index (κ2) is 5.21. The number of hydrogen-bond donors (Lipinski definition) is 1. The van der Waals surface area contributed by atoms with Crippen molar-refractivity contribution in [3.8, 4) is 11.3 Å². The third-order valence-corrected chi connectivity index (χ3v) is 3.27. The molecule has 18 heavy (non-hydrogen) atoms. The van der Waals surface area contributed by atoms with Crippen LogP contribution in [0.5, 0.6) is 0 Å². The molecule has 0 spiro atoms. The Morgan fingerprint density at radius 1 is 1.17 bits per heavy atom. The predicted molar refractivity (Wildman–Crippen MR) is 77.4 cm³/mol. The molecule has 96 valence electrons. The number of anilines is 1. The summed E-state index contributed by atoms with van der Waals surface area (Å²) in [5, 5.41) is 8.88. The van der Waals surface area contributed by atoms with Crippen LogP contribution in [0.1, 0.15) is 13.8 Å². The van der Waals surface area contributed by atoms with Crippen molar-refractivity contribution in [1.82, 2.24) is 9.78 Å². The molecule has 1 aromatic carbocycles. The van der Waals surface area contributed by atoms with Gasteiger partial charge in [0.2, 0.25) is 0 Å². The zero-order chi connectivity index (χ0) is 13.3. The third-order valence-electron chi connectivity index (χ3n) is 2.53. The van der Waals surface area contributed by atoms with E-state index in [0.717, 1.165) is 17.1 Å². The van der Waals surface area contributed by atoms with Gasteiger partial charge >= 0.3 is 0 Å². The molecule has 1 heterocycles. The Morgan fingerprint density at radius 3 is 2.50 bits per heavy atom. The molecule has 0 atom stereocenters. The maximum atomic E-state index is 6.01. The lowest BCUT2D eigenvalue weighted by molar-refractivity contribution is 0.756. The van der Waals surface area contributed by atoms with Crippen LogP contribution in [0.3, 0.4) is 0 Å². The summed E-state index contributed by atoms with van der Waals surface area (Å²) in [6.45, 7) is 4.18. The van der Waals surface area contributed by atoms with Crippen LogP contribution in [-0.4, -0.2) is 15.8 Å². The number of hydrogen-bond acceptors (Lipinski definition) is 2. The number of benzene rings is 1. The Morgan fingerprint density at radius 2 is 1.89 bits per heavy atom. The predicted octanol–water partition coefficient (Wildman–Crippen LogP) is 4.21. The molecule has 0 amide bonds. The average Bonchev–Trinajstić information content (AvgIpc) is 2.63. The van der Waals surface area contributed by atoms with E-state index in [2.05, 4.69) is 24.3 Å². The summed E-state index contributed by atoms with van der Waals surface area (Å²) in [7, 11) is 1.91. The van der Waals surface area contributed by atoms with E-state index >= 15 is 0 Å². The van der Waals surface area contributed by atoms with E-state index in [0.29, 0.717) is 16.1 Å². The van der Waals surface area contributed by atoms with Crippen LogP contribution in [0.15, 0.2) is 24.3 Å². The van der Waals surface area contributed by atoms with E-state index < -0.39 is 0 Å². The van der Waals surface area contributed by atoms with Crippen LogP contribution < -0.4 is 5.32 Å². The summed E-state index contributed by atoms with van der Waals surface area (Å²) in [6.07, 6.45) is 0. The molecule has 0 aliphatic heterocycles. The van der Waals surface area contributed by atoms with Crippen molar-refractivity contribution in [1.29, 1.82) is 0 Å². The van der Waals surface area contributed by atoms with Crippen molar-refractivity contribution in [2.75, 3.05) is 5.32 Å². The number of halogens is 2. The third kappa shape index (κ3) is 2.79. The standard InChI is InChI=1S/C13H15Cl2N3/c1-8(2)16-13-7-12(17-18(13)3)9-4-5-10(14)11(15)6-9/h4-8,16H,1-3H3. The molecule has 5 heteroatoms.